The van der Waals surface area contributed by atoms with Gasteiger partial charge in [-0.25, -0.2) is 18.1 Å². The fourth-order valence-electron chi connectivity index (χ4n) is 3.08. The molecule has 7 heteroatoms. The van der Waals surface area contributed by atoms with Crippen LogP contribution in [0.1, 0.15) is 37.8 Å². The van der Waals surface area contributed by atoms with E-state index >= 15 is 0 Å². The quantitative estimate of drug-likeness (QED) is 0.596. The van der Waals surface area contributed by atoms with Gasteiger partial charge >= 0.3 is 0 Å². The molecule has 1 heterocycles. The van der Waals surface area contributed by atoms with Crippen LogP contribution in [0.25, 0.3) is 0 Å². The summed E-state index contributed by atoms with van der Waals surface area (Å²) in [6.07, 6.45) is 2.47. The highest BCUT2D eigenvalue weighted by molar-refractivity contribution is 7.88. The fraction of sp³-hybridized carbons (Fsp3) is 0.611. The van der Waals surface area contributed by atoms with Crippen molar-refractivity contribution in [1.29, 1.82) is 0 Å². The van der Waals surface area contributed by atoms with Crippen LogP contribution >= 0.6 is 0 Å². The fourth-order valence-corrected chi connectivity index (χ4v) is 3.85. The third-order valence-electron chi connectivity index (χ3n) is 4.36. The van der Waals surface area contributed by atoms with Crippen molar-refractivity contribution in [3.8, 4) is 0 Å². The third kappa shape index (κ3) is 6.32. The number of likely N-dealkylation sites (tertiary alicyclic amines) is 1. The van der Waals surface area contributed by atoms with E-state index in [-0.39, 0.29) is 5.75 Å². The molecule has 2 rings (SSSR count). The van der Waals surface area contributed by atoms with Gasteiger partial charge in [-0.15, -0.1) is 0 Å². The van der Waals surface area contributed by atoms with Gasteiger partial charge in [0.05, 0.1) is 12.3 Å². The topological polar surface area (TPSA) is 73.8 Å². The highest BCUT2D eigenvalue weighted by Crippen LogP contribution is 2.16. The zero-order valence-corrected chi connectivity index (χ0v) is 16.3. The Bertz CT molecular complexity index is 688. The van der Waals surface area contributed by atoms with Crippen molar-refractivity contribution < 1.29 is 8.42 Å². The van der Waals surface area contributed by atoms with E-state index in [0.29, 0.717) is 12.5 Å². The molecule has 1 aliphatic heterocycles. The van der Waals surface area contributed by atoms with Crippen LogP contribution in [0.3, 0.4) is 0 Å². The second-order valence-electron chi connectivity index (χ2n) is 6.65. The summed E-state index contributed by atoms with van der Waals surface area (Å²) in [6, 6.07) is 7.63. The summed E-state index contributed by atoms with van der Waals surface area (Å²) < 4.78 is 25.8. The van der Waals surface area contributed by atoms with Crippen molar-refractivity contribution in [1.82, 2.24) is 14.9 Å². The Labute approximate surface area is 151 Å². The van der Waals surface area contributed by atoms with Crippen LogP contribution < -0.4 is 10.0 Å². The van der Waals surface area contributed by atoms with Gasteiger partial charge < -0.3 is 10.2 Å². The highest BCUT2D eigenvalue weighted by atomic mass is 32.2. The maximum Gasteiger partial charge on any atom is 0.215 e. The molecular weight excluding hydrogens is 336 g/mol. The summed E-state index contributed by atoms with van der Waals surface area (Å²) in [6.45, 7) is 7.81. The van der Waals surface area contributed by atoms with E-state index < -0.39 is 10.0 Å². The Morgan fingerprint density at radius 1 is 1.36 bits per heavy atom. The van der Waals surface area contributed by atoms with Gasteiger partial charge in [0.2, 0.25) is 10.0 Å². The first-order chi connectivity index (χ1) is 11.9. The number of hydrogen-bond acceptors (Lipinski definition) is 3. The maximum absolute atomic E-state index is 11.7. The molecule has 1 aromatic rings. The van der Waals surface area contributed by atoms with Gasteiger partial charge in [-0.1, -0.05) is 31.2 Å². The Kier molecular flexibility index (Phi) is 7.25. The summed E-state index contributed by atoms with van der Waals surface area (Å²) in [4.78, 5) is 7.09. The van der Waals surface area contributed by atoms with E-state index in [1.54, 1.807) is 0 Å². The maximum atomic E-state index is 11.7. The molecule has 2 N–H and O–H groups in total. The monoisotopic (exact) mass is 366 g/mol. The smallest absolute Gasteiger partial charge is 0.215 e. The van der Waals surface area contributed by atoms with Crippen LogP contribution in [-0.2, 0) is 22.3 Å². The number of nitrogens with zero attached hydrogens (tertiary/aromatic N) is 2. The second-order valence-corrected chi connectivity index (χ2v) is 8.57. The van der Waals surface area contributed by atoms with Gasteiger partial charge in [0.25, 0.3) is 0 Å². The molecule has 1 unspecified atom stereocenters. The zero-order chi connectivity index (χ0) is 18.3. The molecule has 1 saturated heterocycles. The third-order valence-corrected chi connectivity index (χ3v) is 5.70. The predicted octanol–water partition coefficient (Wildman–Crippen LogP) is 1.93. The first-order valence-electron chi connectivity index (χ1n) is 8.96. The molecule has 1 aromatic carbocycles. The van der Waals surface area contributed by atoms with Crippen molar-refractivity contribution in [2.75, 3.05) is 26.7 Å². The van der Waals surface area contributed by atoms with Crippen molar-refractivity contribution in [2.45, 2.75) is 39.0 Å². The minimum absolute atomic E-state index is 0.00917. The Morgan fingerprint density at radius 3 is 2.80 bits per heavy atom. The molecule has 6 nitrogen and oxygen atoms in total. The Morgan fingerprint density at radius 2 is 2.12 bits per heavy atom. The molecule has 0 saturated carbocycles. The number of piperidine rings is 1. The standard InChI is InChI=1S/C18H30N4O2S/c1-4-20-18(22-10-6-7-15(2)13-22)21-12-16-8-5-9-17(11-16)14-25(23,24)19-3/h5,8-9,11,15,19H,4,6-7,10,12-14H2,1-3H3,(H,20,21). The van der Waals surface area contributed by atoms with Crippen LogP contribution in [0.5, 0.6) is 0 Å². The summed E-state index contributed by atoms with van der Waals surface area (Å²) in [5.41, 5.74) is 1.79. The number of aliphatic imine (C=N–C) groups is 1. The lowest BCUT2D eigenvalue weighted by molar-refractivity contribution is 0.266. The van der Waals surface area contributed by atoms with E-state index in [0.717, 1.165) is 36.7 Å². The van der Waals surface area contributed by atoms with Gasteiger partial charge in [0.15, 0.2) is 5.96 Å². The molecule has 0 bridgehead atoms. The number of rotatable bonds is 6. The van der Waals surface area contributed by atoms with Crippen LogP contribution in [-0.4, -0.2) is 46.0 Å². The average molecular weight is 367 g/mol. The Hall–Kier alpha value is -1.60. The first kappa shape index (κ1) is 19.7. The largest absolute Gasteiger partial charge is 0.357 e. The summed E-state index contributed by atoms with van der Waals surface area (Å²) in [7, 11) is -1.82. The molecule has 1 fully saturated rings. The van der Waals surface area contributed by atoms with E-state index in [2.05, 4.69) is 28.8 Å². The highest BCUT2D eigenvalue weighted by Gasteiger charge is 2.19. The zero-order valence-electron chi connectivity index (χ0n) is 15.5. The number of guanidine groups is 1. The van der Waals surface area contributed by atoms with Crippen LogP contribution in [0.2, 0.25) is 0 Å². The van der Waals surface area contributed by atoms with E-state index in [4.69, 9.17) is 4.99 Å². The molecule has 0 amide bonds. The van der Waals surface area contributed by atoms with Crippen LogP contribution in [0.15, 0.2) is 29.3 Å². The van der Waals surface area contributed by atoms with Crippen molar-refractivity contribution in [3.05, 3.63) is 35.4 Å². The van der Waals surface area contributed by atoms with Crippen molar-refractivity contribution in [3.63, 3.8) is 0 Å². The lowest BCUT2D eigenvalue weighted by Gasteiger charge is -2.33. The number of benzene rings is 1. The van der Waals surface area contributed by atoms with E-state index in [9.17, 15) is 8.42 Å². The number of nitrogens with one attached hydrogen (secondary N) is 2. The van der Waals surface area contributed by atoms with Crippen LogP contribution in [0, 0.1) is 5.92 Å². The molecule has 0 spiro atoms. The minimum Gasteiger partial charge on any atom is -0.357 e. The molecule has 140 valence electrons. The SMILES string of the molecule is CCNC(=NCc1cccc(CS(=O)(=O)NC)c1)N1CCCC(C)C1. The van der Waals surface area contributed by atoms with Crippen LogP contribution in [0.4, 0.5) is 0 Å². The number of sulfonamides is 1. The second kappa shape index (κ2) is 9.20. The van der Waals surface area contributed by atoms with Crippen molar-refractivity contribution in [2.24, 2.45) is 10.9 Å². The van der Waals surface area contributed by atoms with Gasteiger partial charge in [-0.05, 0) is 43.9 Å². The van der Waals surface area contributed by atoms with Gasteiger partial charge in [-0.3, -0.25) is 0 Å². The lowest BCUT2D eigenvalue weighted by atomic mass is 10.0. The molecule has 1 aliphatic rings. The van der Waals surface area contributed by atoms with E-state index in [1.807, 2.05) is 24.3 Å². The van der Waals surface area contributed by atoms with Crippen molar-refractivity contribution >= 4 is 16.0 Å². The molecule has 1 atom stereocenters. The van der Waals surface area contributed by atoms with Gasteiger partial charge in [-0.2, -0.15) is 0 Å². The molecule has 0 aromatic heterocycles. The molecular formula is C18H30N4O2S. The minimum atomic E-state index is -3.26. The Balaban J connectivity index is 2.09. The first-order valence-corrected chi connectivity index (χ1v) is 10.6. The van der Waals surface area contributed by atoms with E-state index in [1.165, 1.54) is 19.9 Å². The number of hydrogen-bond donors (Lipinski definition) is 2. The summed E-state index contributed by atoms with van der Waals surface area (Å²) in [5.74, 6) is 1.63. The van der Waals surface area contributed by atoms with Gasteiger partial charge in [0.1, 0.15) is 0 Å². The summed E-state index contributed by atoms with van der Waals surface area (Å²) in [5, 5.41) is 3.38. The normalized spacial score (nSPS) is 19.1. The predicted molar refractivity (Wildman–Crippen MR) is 103 cm³/mol. The molecule has 0 aliphatic carbocycles. The summed E-state index contributed by atoms with van der Waals surface area (Å²) >= 11 is 0. The molecule has 0 radical (unpaired) electrons. The van der Waals surface area contributed by atoms with Gasteiger partial charge in [0, 0.05) is 19.6 Å². The molecule has 25 heavy (non-hydrogen) atoms. The average Bonchev–Trinajstić information content (AvgIpc) is 2.58. The lowest BCUT2D eigenvalue weighted by Crippen LogP contribution is -2.46.